The van der Waals surface area contributed by atoms with Gasteiger partial charge in [-0.1, -0.05) is 23.7 Å². The van der Waals surface area contributed by atoms with Gasteiger partial charge in [0.05, 0.1) is 11.3 Å². The molecule has 5 nitrogen and oxygen atoms in total. The Morgan fingerprint density at radius 1 is 1.22 bits per heavy atom. The lowest BCUT2D eigenvalue weighted by Gasteiger charge is -2.08. The van der Waals surface area contributed by atoms with Crippen molar-refractivity contribution in [1.82, 2.24) is 20.1 Å². The van der Waals surface area contributed by atoms with E-state index in [1.165, 1.54) is 6.33 Å². The molecule has 0 saturated heterocycles. The van der Waals surface area contributed by atoms with Gasteiger partial charge in [0.1, 0.15) is 12.7 Å². The van der Waals surface area contributed by atoms with E-state index in [-0.39, 0.29) is 5.91 Å². The highest BCUT2D eigenvalue weighted by Gasteiger charge is 2.10. The first-order valence-corrected chi connectivity index (χ1v) is 7.98. The molecule has 0 fully saturated rings. The van der Waals surface area contributed by atoms with Gasteiger partial charge in [-0.15, -0.1) is 0 Å². The minimum absolute atomic E-state index is 0.181. The Bertz CT molecular complexity index is 819. The molecule has 1 N–H and O–H groups in total. The van der Waals surface area contributed by atoms with E-state index >= 15 is 0 Å². The Hall–Kier alpha value is -2.18. The lowest BCUT2D eigenvalue weighted by molar-refractivity contribution is 0.0950. The summed E-state index contributed by atoms with van der Waals surface area (Å²) in [6.07, 6.45) is 3.12. The van der Waals surface area contributed by atoms with E-state index in [1.54, 1.807) is 29.2 Å². The van der Waals surface area contributed by atoms with E-state index in [1.807, 2.05) is 24.3 Å². The molecule has 0 spiro atoms. The maximum absolute atomic E-state index is 12.2. The summed E-state index contributed by atoms with van der Waals surface area (Å²) in [5.74, 6) is -0.181. The van der Waals surface area contributed by atoms with Gasteiger partial charge in [-0.2, -0.15) is 5.10 Å². The standard InChI is InChI=1S/C16H12BrClN4O/c17-15-6-3-12(18)7-14(15)16(23)20-8-11-1-4-13(5-2-11)22-10-19-9-21-22/h1-7,9-10H,8H2,(H,20,23). The van der Waals surface area contributed by atoms with Crippen LogP contribution in [-0.2, 0) is 6.54 Å². The van der Waals surface area contributed by atoms with Crippen LogP contribution in [-0.4, -0.2) is 20.7 Å². The monoisotopic (exact) mass is 390 g/mol. The summed E-state index contributed by atoms with van der Waals surface area (Å²) in [6, 6.07) is 12.8. The van der Waals surface area contributed by atoms with Crippen LogP contribution < -0.4 is 5.32 Å². The largest absolute Gasteiger partial charge is 0.348 e. The quantitative estimate of drug-likeness (QED) is 0.739. The molecule has 0 aliphatic rings. The summed E-state index contributed by atoms with van der Waals surface area (Å²) < 4.78 is 2.38. The smallest absolute Gasteiger partial charge is 0.252 e. The molecule has 3 aromatic rings. The van der Waals surface area contributed by atoms with E-state index in [9.17, 15) is 4.79 Å². The number of halogens is 2. The molecule has 23 heavy (non-hydrogen) atoms. The topological polar surface area (TPSA) is 59.8 Å². The fourth-order valence-corrected chi connectivity index (χ4v) is 2.66. The number of rotatable bonds is 4. The van der Waals surface area contributed by atoms with Crippen molar-refractivity contribution in [2.75, 3.05) is 0 Å². The molecular weight excluding hydrogens is 380 g/mol. The first-order chi connectivity index (χ1) is 11.1. The van der Waals surface area contributed by atoms with Crippen LogP contribution in [0.3, 0.4) is 0 Å². The van der Waals surface area contributed by atoms with Gasteiger partial charge in [0.2, 0.25) is 0 Å². The zero-order valence-electron chi connectivity index (χ0n) is 11.9. The number of carbonyl (C=O) groups excluding carboxylic acids is 1. The average Bonchev–Trinajstić information content (AvgIpc) is 3.10. The minimum Gasteiger partial charge on any atom is -0.348 e. The molecule has 3 rings (SSSR count). The van der Waals surface area contributed by atoms with Crippen LogP contribution in [0, 0.1) is 0 Å². The van der Waals surface area contributed by atoms with Crippen LogP contribution in [0.5, 0.6) is 0 Å². The number of hydrogen-bond donors (Lipinski definition) is 1. The second kappa shape index (κ2) is 6.93. The number of benzene rings is 2. The van der Waals surface area contributed by atoms with Gasteiger partial charge in [-0.3, -0.25) is 4.79 Å². The number of amides is 1. The van der Waals surface area contributed by atoms with Gasteiger partial charge in [0, 0.05) is 16.0 Å². The summed E-state index contributed by atoms with van der Waals surface area (Å²) >= 11 is 9.28. The van der Waals surface area contributed by atoms with Gasteiger partial charge >= 0.3 is 0 Å². The molecule has 0 unspecified atom stereocenters. The SMILES string of the molecule is O=C(NCc1ccc(-n2cncn2)cc1)c1cc(Cl)ccc1Br. The summed E-state index contributed by atoms with van der Waals surface area (Å²) in [5.41, 5.74) is 2.41. The molecule has 2 aromatic carbocycles. The van der Waals surface area contributed by atoms with Crippen molar-refractivity contribution < 1.29 is 4.79 Å². The fraction of sp³-hybridized carbons (Fsp3) is 0.0625. The molecule has 0 radical (unpaired) electrons. The van der Waals surface area contributed by atoms with Crippen molar-refractivity contribution in [2.24, 2.45) is 0 Å². The molecule has 0 atom stereocenters. The van der Waals surface area contributed by atoms with Crippen molar-refractivity contribution in [3.05, 3.63) is 75.7 Å². The highest BCUT2D eigenvalue weighted by molar-refractivity contribution is 9.10. The molecule has 1 heterocycles. The Labute approximate surface area is 146 Å². The first-order valence-electron chi connectivity index (χ1n) is 6.80. The Morgan fingerprint density at radius 3 is 2.70 bits per heavy atom. The summed E-state index contributed by atoms with van der Waals surface area (Å²) in [6.45, 7) is 0.426. The predicted molar refractivity (Wildman–Crippen MR) is 91.7 cm³/mol. The zero-order valence-corrected chi connectivity index (χ0v) is 14.3. The lowest BCUT2D eigenvalue weighted by atomic mass is 10.2. The van der Waals surface area contributed by atoms with Gasteiger partial charge < -0.3 is 5.32 Å². The van der Waals surface area contributed by atoms with E-state index < -0.39 is 0 Å². The molecule has 0 aliphatic heterocycles. The van der Waals surface area contributed by atoms with Crippen molar-refractivity contribution in [3.8, 4) is 5.69 Å². The van der Waals surface area contributed by atoms with E-state index in [0.717, 1.165) is 11.3 Å². The Morgan fingerprint density at radius 2 is 2.00 bits per heavy atom. The second-order valence-electron chi connectivity index (χ2n) is 4.81. The molecule has 1 amide bonds. The lowest BCUT2D eigenvalue weighted by Crippen LogP contribution is -2.23. The number of aromatic nitrogens is 3. The van der Waals surface area contributed by atoms with Crippen LogP contribution >= 0.6 is 27.5 Å². The molecule has 7 heteroatoms. The van der Waals surface area contributed by atoms with Crippen LogP contribution in [0.4, 0.5) is 0 Å². The van der Waals surface area contributed by atoms with Crippen LogP contribution in [0.2, 0.25) is 5.02 Å². The molecule has 0 bridgehead atoms. The predicted octanol–water partition coefficient (Wildman–Crippen LogP) is 3.61. The van der Waals surface area contributed by atoms with E-state index in [2.05, 4.69) is 31.3 Å². The number of nitrogens with zero attached hydrogens (tertiary/aromatic N) is 3. The van der Waals surface area contributed by atoms with E-state index in [0.29, 0.717) is 21.6 Å². The Balaban J connectivity index is 1.66. The van der Waals surface area contributed by atoms with Crippen molar-refractivity contribution in [2.45, 2.75) is 6.54 Å². The maximum atomic E-state index is 12.2. The maximum Gasteiger partial charge on any atom is 0.252 e. The summed E-state index contributed by atoms with van der Waals surface area (Å²) in [4.78, 5) is 16.1. The molecule has 116 valence electrons. The van der Waals surface area contributed by atoms with E-state index in [4.69, 9.17) is 11.6 Å². The minimum atomic E-state index is -0.181. The third-order valence-electron chi connectivity index (χ3n) is 3.25. The van der Waals surface area contributed by atoms with Crippen molar-refractivity contribution in [3.63, 3.8) is 0 Å². The van der Waals surface area contributed by atoms with Gasteiger partial charge in [-0.05, 0) is 51.8 Å². The first kappa shape index (κ1) is 15.7. The number of nitrogens with one attached hydrogen (secondary N) is 1. The van der Waals surface area contributed by atoms with Gasteiger partial charge in [0.25, 0.3) is 5.91 Å². The number of carbonyl (C=O) groups is 1. The summed E-state index contributed by atoms with van der Waals surface area (Å²) in [5, 5.41) is 7.46. The zero-order chi connectivity index (χ0) is 16.2. The van der Waals surface area contributed by atoms with Gasteiger partial charge in [0.15, 0.2) is 0 Å². The fourth-order valence-electron chi connectivity index (χ4n) is 2.06. The average molecular weight is 392 g/mol. The highest BCUT2D eigenvalue weighted by Crippen LogP contribution is 2.21. The van der Waals surface area contributed by atoms with Gasteiger partial charge in [-0.25, -0.2) is 9.67 Å². The highest BCUT2D eigenvalue weighted by atomic mass is 79.9. The third-order valence-corrected chi connectivity index (χ3v) is 4.17. The van der Waals surface area contributed by atoms with Crippen LogP contribution in [0.1, 0.15) is 15.9 Å². The van der Waals surface area contributed by atoms with Crippen LogP contribution in [0.15, 0.2) is 59.6 Å². The van der Waals surface area contributed by atoms with Crippen molar-refractivity contribution >= 4 is 33.4 Å². The second-order valence-corrected chi connectivity index (χ2v) is 6.10. The van der Waals surface area contributed by atoms with Crippen LogP contribution in [0.25, 0.3) is 5.69 Å². The molecule has 0 aliphatic carbocycles. The third kappa shape index (κ3) is 3.78. The molecule has 1 aromatic heterocycles. The normalized spacial score (nSPS) is 10.5. The molecule has 0 saturated carbocycles. The number of hydrogen-bond acceptors (Lipinski definition) is 3. The molecular formula is C16H12BrClN4O. The summed E-state index contributed by atoms with van der Waals surface area (Å²) in [7, 11) is 0. The Kier molecular flexibility index (Phi) is 4.73. The van der Waals surface area contributed by atoms with Crippen molar-refractivity contribution in [1.29, 1.82) is 0 Å².